The van der Waals surface area contributed by atoms with Gasteiger partial charge in [-0.15, -0.1) is 0 Å². The summed E-state index contributed by atoms with van der Waals surface area (Å²) in [5.74, 6) is 0. The number of aryl methyl sites for hydroxylation is 1. The molecule has 3 rings (SSSR count). The van der Waals surface area contributed by atoms with E-state index < -0.39 is 0 Å². The van der Waals surface area contributed by atoms with Gasteiger partial charge in [-0.3, -0.25) is 0 Å². The Kier molecular flexibility index (Phi) is 7.62. The van der Waals surface area contributed by atoms with Gasteiger partial charge in [-0.1, -0.05) is 69.2 Å². The smallest absolute Gasteiger partial charge is 0.104 e. The van der Waals surface area contributed by atoms with Crippen LogP contribution in [0.15, 0.2) is 99.0 Å². The van der Waals surface area contributed by atoms with Gasteiger partial charge in [-0.2, -0.15) is 20.5 Å². The van der Waals surface area contributed by atoms with Gasteiger partial charge in [0.05, 0.1) is 17.1 Å². The van der Waals surface area contributed by atoms with Crippen LogP contribution in [0.1, 0.15) is 51.5 Å². The zero-order valence-corrected chi connectivity index (χ0v) is 17.5. The van der Waals surface area contributed by atoms with Crippen molar-refractivity contribution in [3.05, 3.63) is 84.1 Å². The summed E-state index contributed by atoms with van der Waals surface area (Å²) in [4.78, 5) is 0. The normalized spacial score (nSPS) is 19.2. The van der Waals surface area contributed by atoms with Crippen LogP contribution >= 0.6 is 0 Å². The lowest BCUT2D eigenvalue weighted by atomic mass is 9.87. The number of benzene rings is 2. The average molecular weight is 387 g/mol. The molecule has 0 heterocycles. The fourth-order valence-corrected chi connectivity index (χ4v) is 3.35. The minimum Gasteiger partial charge on any atom is -0.177 e. The number of hydrogen-bond acceptors (Lipinski definition) is 4. The first-order valence-electron chi connectivity index (χ1n) is 10.6. The molecule has 29 heavy (non-hydrogen) atoms. The highest BCUT2D eigenvalue weighted by molar-refractivity contribution is 5.39. The van der Waals surface area contributed by atoms with Gasteiger partial charge in [-0.25, -0.2) is 0 Å². The summed E-state index contributed by atoms with van der Waals surface area (Å²) in [5, 5.41) is 17.9. The highest BCUT2D eigenvalue weighted by Gasteiger charge is 2.27. The molecule has 1 aliphatic rings. The second-order valence-electron chi connectivity index (χ2n) is 7.53. The van der Waals surface area contributed by atoms with Crippen molar-refractivity contribution >= 4 is 11.4 Å². The van der Waals surface area contributed by atoms with E-state index in [2.05, 4.69) is 58.6 Å². The Labute approximate surface area is 174 Å². The van der Waals surface area contributed by atoms with Crippen LogP contribution in [-0.2, 0) is 6.42 Å². The summed E-state index contributed by atoms with van der Waals surface area (Å²) in [6.45, 7) is 4.39. The largest absolute Gasteiger partial charge is 0.177 e. The number of allylic oxidation sites excluding steroid dienone is 1. The third-order valence-electron chi connectivity index (χ3n) is 5.07. The number of azo groups is 2. The third-order valence-corrected chi connectivity index (χ3v) is 5.07. The van der Waals surface area contributed by atoms with E-state index in [1.165, 1.54) is 18.4 Å². The van der Waals surface area contributed by atoms with Gasteiger partial charge >= 0.3 is 0 Å². The number of nitrogens with zero attached hydrogens (tertiary/aromatic N) is 4. The van der Waals surface area contributed by atoms with E-state index in [0.717, 1.165) is 42.8 Å². The second-order valence-corrected chi connectivity index (χ2v) is 7.53. The predicted octanol–water partition coefficient (Wildman–Crippen LogP) is 8.28. The van der Waals surface area contributed by atoms with Crippen LogP contribution in [0.2, 0.25) is 0 Å². The van der Waals surface area contributed by atoms with Gasteiger partial charge in [0.25, 0.3) is 0 Å². The molecule has 1 atom stereocenters. The first-order valence-corrected chi connectivity index (χ1v) is 10.6. The molecule has 0 amide bonds. The Morgan fingerprint density at radius 1 is 0.828 bits per heavy atom. The molecule has 0 N–H and O–H groups in total. The van der Waals surface area contributed by atoms with Gasteiger partial charge in [0.2, 0.25) is 0 Å². The van der Waals surface area contributed by atoms with Crippen LogP contribution in [0, 0.1) is 0 Å². The van der Waals surface area contributed by atoms with Crippen molar-refractivity contribution in [1.29, 1.82) is 0 Å². The van der Waals surface area contributed by atoms with Crippen molar-refractivity contribution in [2.24, 2.45) is 20.5 Å². The molecule has 0 saturated heterocycles. The fourth-order valence-electron chi connectivity index (χ4n) is 3.35. The molecule has 0 aliphatic heterocycles. The standard InChI is InChI=1S/C25H30N4/c1-3-5-9-21-12-14-23(15-13-21)26-27-24-16-19-25(18-4-2,20-17-24)29-28-22-10-7-6-8-11-22/h6-8,10-17,19H,3-5,9,18,20H2,1-2H3. The zero-order chi connectivity index (χ0) is 20.4. The molecule has 0 spiro atoms. The number of hydrogen-bond donors (Lipinski definition) is 0. The Balaban J connectivity index is 1.64. The van der Waals surface area contributed by atoms with Crippen LogP contribution in [0.25, 0.3) is 0 Å². The first kappa shape index (κ1) is 20.8. The van der Waals surface area contributed by atoms with Crippen molar-refractivity contribution in [1.82, 2.24) is 0 Å². The molecule has 4 nitrogen and oxygen atoms in total. The van der Waals surface area contributed by atoms with Gasteiger partial charge in [-0.05, 0) is 61.6 Å². The van der Waals surface area contributed by atoms with Crippen molar-refractivity contribution in [2.75, 3.05) is 0 Å². The van der Waals surface area contributed by atoms with Gasteiger partial charge in [0, 0.05) is 0 Å². The predicted molar refractivity (Wildman–Crippen MR) is 120 cm³/mol. The molecule has 1 unspecified atom stereocenters. The number of unbranched alkanes of at least 4 members (excludes halogenated alkanes) is 1. The van der Waals surface area contributed by atoms with E-state index >= 15 is 0 Å². The van der Waals surface area contributed by atoms with Gasteiger partial charge < -0.3 is 0 Å². The summed E-state index contributed by atoms with van der Waals surface area (Å²) < 4.78 is 0. The molecule has 0 aromatic heterocycles. The van der Waals surface area contributed by atoms with Crippen molar-refractivity contribution in [3.8, 4) is 0 Å². The lowest BCUT2D eigenvalue weighted by molar-refractivity contribution is 0.462. The molecule has 1 aliphatic carbocycles. The summed E-state index contributed by atoms with van der Waals surface area (Å²) in [6.07, 6.45) is 12.6. The van der Waals surface area contributed by atoms with Crippen molar-refractivity contribution < 1.29 is 0 Å². The van der Waals surface area contributed by atoms with Crippen molar-refractivity contribution in [3.63, 3.8) is 0 Å². The van der Waals surface area contributed by atoms with Gasteiger partial charge in [0.15, 0.2) is 0 Å². The van der Waals surface area contributed by atoms with E-state index in [-0.39, 0.29) is 5.54 Å². The topological polar surface area (TPSA) is 49.4 Å². The SMILES string of the molecule is CCCCc1ccc(N=NC2=CCC(CCC)(N=Nc3ccccc3)C=C2)cc1. The third kappa shape index (κ3) is 6.31. The van der Waals surface area contributed by atoms with E-state index in [0.29, 0.717) is 0 Å². The summed E-state index contributed by atoms with van der Waals surface area (Å²) in [5.41, 5.74) is 3.71. The Bertz CT molecular complexity index is 879. The molecule has 0 radical (unpaired) electrons. The van der Waals surface area contributed by atoms with Crippen LogP contribution in [0.5, 0.6) is 0 Å². The maximum Gasteiger partial charge on any atom is 0.104 e. The van der Waals surface area contributed by atoms with Gasteiger partial charge in [0.1, 0.15) is 5.54 Å². The quantitative estimate of drug-likeness (QED) is 0.389. The minimum absolute atomic E-state index is 0.287. The summed E-state index contributed by atoms with van der Waals surface area (Å²) in [6, 6.07) is 18.3. The van der Waals surface area contributed by atoms with Crippen LogP contribution in [-0.4, -0.2) is 5.54 Å². The zero-order valence-electron chi connectivity index (χ0n) is 17.5. The monoisotopic (exact) mass is 386 g/mol. The molecule has 0 fully saturated rings. The molecular formula is C25H30N4. The lowest BCUT2D eigenvalue weighted by Gasteiger charge is -2.25. The van der Waals surface area contributed by atoms with E-state index in [9.17, 15) is 0 Å². The van der Waals surface area contributed by atoms with Crippen LogP contribution in [0.3, 0.4) is 0 Å². The highest BCUT2D eigenvalue weighted by atomic mass is 15.2. The molecular weight excluding hydrogens is 356 g/mol. The average Bonchev–Trinajstić information content (AvgIpc) is 2.78. The lowest BCUT2D eigenvalue weighted by Crippen LogP contribution is -2.24. The van der Waals surface area contributed by atoms with E-state index in [1.54, 1.807) is 0 Å². The van der Waals surface area contributed by atoms with E-state index in [4.69, 9.17) is 0 Å². The fraction of sp³-hybridized carbons (Fsp3) is 0.360. The molecule has 2 aromatic carbocycles. The molecule has 0 saturated carbocycles. The van der Waals surface area contributed by atoms with Crippen LogP contribution < -0.4 is 0 Å². The first-order chi connectivity index (χ1) is 14.2. The molecule has 2 aromatic rings. The minimum atomic E-state index is -0.287. The molecule has 0 bridgehead atoms. The molecule has 150 valence electrons. The molecule has 4 heteroatoms. The maximum absolute atomic E-state index is 4.68. The number of rotatable bonds is 9. The Hall–Kier alpha value is -2.88. The Morgan fingerprint density at radius 3 is 2.24 bits per heavy atom. The second kappa shape index (κ2) is 10.6. The Morgan fingerprint density at radius 2 is 1.59 bits per heavy atom. The maximum atomic E-state index is 4.68. The summed E-state index contributed by atoms with van der Waals surface area (Å²) in [7, 11) is 0. The van der Waals surface area contributed by atoms with E-state index in [1.807, 2.05) is 48.5 Å². The van der Waals surface area contributed by atoms with Crippen molar-refractivity contribution in [2.45, 2.75) is 57.9 Å². The summed E-state index contributed by atoms with van der Waals surface area (Å²) >= 11 is 0. The van der Waals surface area contributed by atoms with Crippen LogP contribution in [0.4, 0.5) is 11.4 Å². The highest BCUT2D eigenvalue weighted by Crippen LogP contribution is 2.32.